The Morgan fingerprint density at radius 2 is 1.86 bits per heavy atom. The van der Waals surface area contributed by atoms with E-state index in [4.69, 9.17) is 5.73 Å². The molecule has 0 bridgehead atoms. The predicted molar refractivity (Wildman–Crippen MR) is 95.9 cm³/mol. The SMILES string of the molecule is N[C@H]1C[C@H](F)CN(Cc2ccc3c(c2)C(=O)N(C2CCC(=O)NC2=O)C3=O)C1. The number of nitrogens with two attached hydrogens (primary N) is 1. The zero-order valence-corrected chi connectivity index (χ0v) is 15.2. The first-order valence-electron chi connectivity index (χ1n) is 9.30. The minimum Gasteiger partial charge on any atom is -0.326 e. The number of alkyl halides is 1. The fraction of sp³-hybridized carbons (Fsp3) is 0.474. The Bertz CT molecular complexity index is 863. The molecule has 3 aliphatic heterocycles. The first-order valence-corrected chi connectivity index (χ1v) is 9.30. The molecule has 3 atom stereocenters. The van der Waals surface area contributed by atoms with Gasteiger partial charge in [0.1, 0.15) is 12.2 Å². The molecule has 4 amide bonds. The van der Waals surface area contributed by atoms with E-state index in [0.29, 0.717) is 19.5 Å². The van der Waals surface area contributed by atoms with E-state index in [-0.39, 0.29) is 36.6 Å². The third-order valence-corrected chi connectivity index (χ3v) is 5.42. The molecule has 148 valence electrons. The summed E-state index contributed by atoms with van der Waals surface area (Å²) in [6.45, 7) is 1.26. The van der Waals surface area contributed by atoms with Crippen molar-refractivity contribution >= 4 is 23.6 Å². The summed E-state index contributed by atoms with van der Waals surface area (Å²) in [5.74, 6) is -2.13. The minimum absolute atomic E-state index is 0.0781. The molecule has 28 heavy (non-hydrogen) atoms. The van der Waals surface area contributed by atoms with Gasteiger partial charge in [0.15, 0.2) is 0 Å². The Balaban J connectivity index is 1.54. The molecule has 0 saturated carbocycles. The van der Waals surface area contributed by atoms with Gasteiger partial charge in [-0.2, -0.15) is 0 Å². The second-order valence-corrected chi connectivity index (χ2v) is 7.61. The maximum absolute atomic E-state index is 13.8. The third kappa shape index (κ3) is 3.31. The Morgan fingerprint density at radius 1 is 1.11 bits per heavy atom. The van der Waals surface area contributed by atoms with Crippen LogP contribution in [0, 0.1) is 0 Å². The molecule has 3 N–H and O–H groups in total. The van der Waals surface area contributed by atoms with E-state index in [1.807, 2.05) is 4.90 Å². The maximum Gasteiger partial charge on any atom is 0.262 e. The number of benzene rings is 1. The van der Waals surface area contributed by atoms with Gasteiger partial charge in [-0.1, -0.05) is 6.07 Å². The largest absolute Gasteiger partial charge is 0.326 e. The highest BCUT2D eigenvalue weighted by atomic mass is 19.1. The van der Waals surface area contributed by atoms with Gasteiger partial charge >= 0.3 is 0 Å². The first kappa shape index (κ1) is 18.7. The van der Waals surface area contributed by atoms with Crippen LogP contribution in [0.4, 0.5) is 4.39 Å². The number of hydrogen-bond donors (Lipinski definition) is 2. The number of nitrogens with one attached hydrogen (secondary N) is 1. The summed E-state index contributed by atoms with van der Waals surface area (Å²) in [5, 5.41) is 2.17. The quantitative estimate of drug-likeness (QED) is 0.703. The van der Waals surface area contributed by atoms with Gasteiger partial charge in [0.2, 0.25) is 11.8 Å². The molecule has 2 saturated heterocycles. The summed E-state index contributed by atoms with van der Waals surface area (Å²) >= 11 is 0. The second kappa shape index (κ2) is 7.06. The molecule has 2 fully saturated rings. The molecule has 0 radical (unpaired) electrons. The Morgan fingerprint density at radius 3 is 2.57 bits per heavy atom. The summed E-state index contributed by atoms with van der Waals surface area (Å²) < 4.78 is 13.8. The highest BCUT2D eigenvalue weighted by Crippen LogP contribution is 2.29. The van der Waals surface area contributed by atoms with Gasteiger partial charge in [-0.25, -0.2) is 4.39 Å². The van der Waals surface area contributed by atoms with Crippen molar-refractivity contribution in [2.75, 3.05) is 13.1 Å². The van der Waals surface area contributed by atoms with Crippen LogP contribution in [-0.4, -0.2) is 64.8 Å². The highest BCUT2D eigenvalue weighted by Gasteiger charge is 2.44. The standard InChI is InChI=1S/C19H21FN4O4/c20-11-6-12(21)9-23(8-11)7-10-1-2-13-14(5-10)19(28)24(18(13)27)15-3-4-16(25)22-17(15)26/h1-2,5,11-12,15H,3-4,6-9,21H2,(H,22,25,26)/t11-,12-,15?/m0/s1. The number of halogens is 1. The van der Waals surface area contributed by atoms with Gasteiger partial charge in [0.05, 0.1) is 11.1 Å². The molecular weight excluding hydrogens is 367 g/mol. The number of carbonyl (C=O) groups is 4. The number of piperidine rings is 2. The van der Waals surface area contributed by atoms with Crippen molar-refractivity contribution in [3.8, 4) is 0 Å². The van der Waals surface area contributed by atoms with Crippen molar-refractivity contribution in [1.29, 1.82) is 0 Å². The number of hydrogen-bond acceptors (Lipinski definition) is 6. The van der Waals surface area contributed by atoms with E-state index < -0.39 is 35.8 Å². The van der Waals surface area contributed by atoms with Crippen LogP contribution in [0.5, 0.6) is 0 Å². The summed E-state index contributed by atoms with van der Waals surface area (Å²) in [5.41, 5.74) is 7.10. The smallest absolute Gasteiger partial charge is 0.262 e. The van der Waals surface area contributed by atoms with Crippen molar-refractivity contribution in [2.45, 2.75) is 44.1 Å². The number of nitrogens with zero attached hydrogens (tertiary/aromatic N) is 2. The fourth-order valence-corrected chi connectivity index (χ4v) is 4.17. The molecule has 3 aliphatic rings. The van der Waals surface area contributed by atoms with Gasteiger partial charge in [-0.05, 0) is 30.5 Å². The van der Waals surface area contributed by atoms with Crippen molar-refractivity contribution in [1.82, 2.24) is 15.1 Å². The monoisotopic (exact) mass is 388 g/mol. The average molecular weight is 388 g/mol. The first-order chi connectivity index (χ1) is 13.3. The van der Waals surface area contributed by atoms with Crippen LogP contribution in [0.3, 0.4) is 0 Å². The number of rotatable bonds is 3. The Labute approximate surface area is 160 Å². The normalized spacial score (nSPS) is 28.5. The van der Waals surface area contributed by atoms with Gasteiger partial charge in [0.25, 0.3) is 11.8 Å². The maximum atomic E-state index is 13.8. The van der Waals surface area contributed by atoms with E-state index >= 15 is 0 Å². The molecule has 1 unspecified atom stereocenters. The van der Waals surface area contributed by atoms with E-state index in [2.05, 4.69) is 5.32 Å². The molecule has 4 rings (SSSR count). The summed E-state index contributed by atoms with van der Waals surface area (Å²) in [6.07, 6.45) is -0.445. The lowest BCUT2D eigenvalue weighted by Crippen LogP contribution is -2.54. The number of carbonyl (C=O) groups excluding carboxylic acids is 4. The van der Waals surface area contributed by atoms with Crippen LogP contribution in [-0.2, 0) is 16.1 Å². The lowest BCUT2D eigenvalue weighted by molar-refractivity contribution is -0.136. The third-order valence-electron chi connectivity index (χ3n) is 5.42. The van der Waals surface area contributed by atoms with Crippen LogP contribution >= 0.6 is 0 Å². The topological polar surface area (TPSA) is 113 Å². The molecule has 9 heteroatoms. The summed E-state index contributed by atoms with van der Waals surface area (Å²) in [6, 6.07) is 3.69. The lowest BCUT2D eigenvalue weighted by atomic mass is 10.0. The Kier molecular flexibility index (Phi) is 4.72. The highest BCUT2D eigenvalue weighted by molar-refractivity contribution is 6.23. The number of imide groups is 2. The van der Waals surface area contributed by atoms with Crippen LogP contribution in [0.2, 0.25) is 0 Å². The van der Waals surface area contributed by atoms with Gasteiger partial charge in [-0.3, -0.25) is 34.3 Å². The Hall–Kier alpha value is -2.65. The van der Waals surface area contributed by atoms with Gasteiger partial charge in [-0.15, -0.1) is 0 Å². The number of likely N-dealkylation sites (tertiary alicyclic amines) is 1. The van der Waals surface area contributed by atoms with Crippen LogP contribution in [0.15, 0.2) is 18.2 Å². The molecule has 1 aromatic rings. The average Bonchev–Trinajstić information content (AvgIpc) is 2.85. The van der Waals surface area contributed by atoms with Crippen molar-refractivity contribution in [3.63, 3.8) is 0 Å². The molecule has 0 aliphatic carbocycles. The molecule has 8 nitrogen and oxygen atoms in total. The molecule has 0 aromatic heterocycles. The van der Waals surface area contributed by atoms with Crippen molar-refractivity contribution in [2.24, 2.45) is 5.73 Å². The molecule has 1 aromatic carbocycles. The van der Waals surface area contributed by atoms with Crippen molar-refractivity contribution < 1.29 is 23.6 Å². The fourth-order valence-electron chi connectivity index (χ4n) is 4.17. The number of amides is 4. The minimum atomic E-state index is -0.985. The molecule has 0 spiro atoms. The van der Waals surface area contributed by atoms with E-state index in [1.165, 1.54) is 0 Å². The van der Waals surface area contributed by atoms with Crippen molar-refractivity contribution in [3.05, 3.63) is 34.9 Å². The van der Waals surface area contributed by atoms with E-state index in [9.17, 15) is 23.6 Å². The van der Waals surface area contributed by atoms with Crippen LogP contribution in [0.25, 0.3) is 0 Å². The summed E-state index contributed by atoms with van der Waals surface area (Å²) in [4.78, 5) is 51.8. The van der Waals surface area contributed by atoms with Gasteiger partial charge < -0.3 is 5.73 Å². The van der Waals surface area contributed by atoms with Crippen LogP contribution in [0.1, 0.15) is 45.5 Å². The molecule has 3 heterocycles. The van der Waals surface area contributed by atoms with Crippen LogP contribution < -0.4 is 11.1 Å². The zero-order chi connectivity index (χ0) is 20.0. The van der Waals surface area contributed by atoms with E-state index in [0.717, 1.165) is 10.5 Å². The predicted octanol–water partition coefficient (Wildman–Crippen LogP) is -0.0411. The second-order valence-electron chi connectivity index (χ2n) is 7.61. The van der Waals surface area contributed by atoms with Gasteiger partial charge in [0, 0.05) is 32.1 Å². The number of fused-ring (bicyclic) bond motifs is 1. The lowest BCUT2D eigenvalue weighted by Gasteiger charge is -2.32. The van der Waals surface area contributed by atoms with E-state index in [1.54, 1.807) is 18.2 Å². The zero-order valence-electron chi connectivity index (χ0n) is 15.2. The summed E-state index contributed by atoms with van der Waals surface area (Å²) in [7, 11) is 0. The molecular formula is C19H21FN4O4.